The van der Waals surface area contributed by atoms with E-state index in [9.17, 15) is 0 Å². The lowest BCUT2D eigenvalue weighted by Gasteiger charge is -2.15. The Hall–Kier alpha value is -7.75. The Labute approximate surface area is 338 Å². The van der Waals surface area contributed by atoms with Crippen LogP contribution in [0, 0.1) is 0 Å². The van der Waals surface area contributed by atoms with Crippen LogP contribution in [-0.4, -0.2) is 15.0 Å². The first-order chi connectivity index (χ1) is 28.7. The number of hydrogen-bond acceptors (Lipinski definition) is 3. The first-order valence-electron chi connectivity index (χ1n) is 19.6. The molecule has 58 heavy (non-hydrogen) atoms. The van der Waals surface area contributed by atoms with E-state index in [2.05, 4.69) is 164 Å². The zero-order valence-electron chi connectivity index (χ0n) is 31.7. The largest absolute Gasteiger partial charge is 0.208 e. The molecule has 3 nitrogen and oxygen atoms in total. The second-order valence-electron chi connectivity index (χ2n) is 14.4. The first kappa shape index (κ1) is 34.7. The molecule has 272 valence electrons. The molecule has 0 saturated carbocycles. The molecule has 0 aliphatic carbocycles. The highest BCUT2D eigenvalue weighted by atomic mass is 15.0. The minimum absolute atomic E-state index is 0.631. The number of nitrogens with zero attached hydrogens (tertiary/aromatic N) is 3. The molecule has 1 aromatic heterocycles. The Bertz CT molecular complexity index is 2980. The molecule has 0 amide bonds. The van der Waals surface area contributed by atoms with Crippen LogP contribution in [0.1, 0.15) is 0 Å². The summed E-state index contributed by atoms with van der Waals surface area (Å²) in [6.07, 6.45) is 0. The van der Waals surface area contributed by atoms with Crippen LogP contribution in [0.2, 0.25) is 0 Å². The molecule has 0 unspecified atom stereocenters. The van der Waals surface area contributed by atoms with E-state index in [0.717, 1.165) is 44.5 Å². The summed E-state index contributed by atoms with van der Waals surface area (Å²) < 4.78 is 0. The third kappa shape index (κ3) is 6.98. The maximum Gasteiger partial charge on any atom is 0.164 e. The third-order valence-electron chi connectivity index (χ3n) is 10.7. The van der Waals surface area contributed by atoms with E-state index in [1.165, 1.54) is 38.6 Å². The van der Waals surface area contributed by atoms with E-state index in [1.807, 2.05) is 60.7 Å². The summed E-state index contributed by atoms with van der Waals surface area (Å²) >= 11 is 0. The van der Waals surface area contributed by atoms with Crippen molar-refractivity contribution in [2.45, 2.75) is 0 Å². The van der Waals surface area contributed by atoms with Gasteiger partial charge in [-0.1, -0.05) is 200 Å². The molecular weight excluding hydrogens is 703 g/mol. The lowest BCUT2D eigenvalue weighted by atomic mass is 9.90. The van der Waals surface area contributed by atoms with Crippen molar-refractivity contribution < 1.29 is 0 Å². The van der Waals surface area contributed by atoms with E-state index < -0.39 is 0 Å². The van der Waals surface area contributed by atoms with Gasteiger partial charge in [-0.05, 0) is 90.7 Å². The predicted octanol–water partition coefficient (Wildman–Crippen LogP) is 14.4. The highest BCUT2D eigenvalue weighted by Gasteiger charge is 2.16. The van der Waals surface area contributed by atoms with Gasteiger partial charge in [0.1, 0.15) is 0 Å². The molecule has 0 N–H and O–H groups in total. The number of fused-ring (bicyclic) bond motifs is 1. The molecule has 0 saturated heterocycles. The maximum atomic E-state index is 5.04. The van der Waals surface area contributed by atoms with Crippen molar-refractivity contribution in [3.8, 4) is 89.8 Å². The van der Waals surface area contributed by atoms with Gasteiger partial charge in [0.2, 0.25) is 0 Å². The summed E-state index contributed by atoms with van der Waals surface area (Å²) in [6, 6.07) is 79.1. The summed E-state index contributed by atoms with van der Waals surface area (Å²) in [5.41, 5.74) is 14.5. The molecule has 0 bridgehead atoms. The average molecular weight is 740 g/mol. The van der Waals surface area contributed by atoms with Crippen LogP contribution in [0.3, 0.4) is 0 Å². The predicted molar refractivity (Wildman–Crippen MR) is 241 cm³/mol. The molecule has 10 rings (SSSR count). The van der Waals surface area contributed by atoms with Crippen LogP contribution >= 0.6 is 0 Å². The molecule has 0 atom stereocenters. The summed E-state index contributed by atoms with van der Waals surface area (Å²) in [7, 11) is 0. The molecule has 0 aliphatic heterocycles. The van der Waals surface area contributed by atoms with E-state index >= 15 is 0 Å². The Morgan fingerprint density at radius 1 is 0.207 bits per heavy atom. The monoisotopic (exact) mass is 739 g/mol. The minimum Gasteiger partial charge on any atom is -0.208 e. The second-order valence-corrected chi connectivity index (χ2v) is 14.4. The van der Waals surface area contributed by atoms with Crippen molar-refractivity contribution in [1.82, 2.24) is 15.0 Å². The summed E-state index contributed by atoms with van der Waals surface area (Å²) in [5, 5.41) is 2.51. The van der Waals surface area contributed by atoms with Gasteiger partial charge in [-0.15, -0.1) is 0 Å². The molecule has 0 aliphatic rings. The fraction of sp³-hybridized carbons (Fsp3) is 0. The highest BCUT2D eigenvalue weighted by molar-refractivity contribution is 5.97. The molecule has 0 spiro atoms. The minimum atomic E-state index is 0.631. The van der Waals surface area contributed by atoms with E-state index in [0.29, 0.717) is 17.5 Å². The van der Waals surface area contributed by atoms with Crippen LogP contribution in [0.15, 0.2) is 224 Å². The van der Waals surface area contributed by atoms with Crippen LogP contribution in [-0.2, 0) is 0 Å². The Morgan fingerprint density at radius 3 is 1.17 bits per heavy atom. The van der Waals surface area contributed by atoms with Gasteiger partial charge in [0.15, 0.2) is 17.5 Å². The fourth-order valence-corrected chi connectivity index (χ4v) is 7.82. The van der Waals surface area contributed by atoms with Crippen molar-refractivity contribution in [2.75, 3.05) is 0 Å². The van der Waals surface area contributed by atoms with Crippen molar-refractivity contribution in [2.24, 2.45) is 0 Å². The molecule has 10 aromatic rings. The van der Waals surface area contributed by atoms with Gasteiger partial charge < -0.3 is 0 Å². The van der Waals surface area contributed by atoms with Crippen LogP contribution in [0.25, 0.3) is 101 Å². The van der Waals surface area contributed by atoms with Crippen LogP contribution < -0.4 is 0 Å². The molecular formula is C55H37N3. The van der Waals surface area contributed by atoms with Crippen molar-refractivity contribution in [3.63, 3.8) is 0 Å². The lowest BCUT2D eigenvalue weighted by molar-refractivity contribution is 1.07. The number of benzene rings is 9. The Morgan fingerprint density at radius 2 is 0.603 bits per heavy atom. The lowest BCUT2D eigenvalue weighted by Crippen LogP contribution is -2.00. The normalized spacial score (nSPS) is 11.1. The van der Waals surface area contributed by atoms with Gasteiger partial charge >= 0.3 is 0 Å². The SMILES string of the molecule is c1ccc(-c2nc(-c3ccccc3)nc(-c3ccc(-c4cccc(-c5cccc(-c6cccc(-c7cccc8ccccc78)c6)c5)c4)c(-c4ccccc4)c3)n2)cc1. The zero-order valence-corrected chi connectivity index (χ0v) is 31.7. The van der Waals surface area contributed by atoms with Crippen molar-refractivity contribution in [3.05, 3.63) is 224 Å². The fourth-order valence-electron chi connectivity index (χ4n) is 7.82. The van der Waals surface area contributed by atoms with Crippen molar-refractivity contribution >= 4 is 10.8 Å². The van der Waals surface area contributed by atoms with Gasteiger partial charge in [0, 0.05) is 16.7 Å². The Balaban J connectivity index is 1.04. The zero-order chi connectivity index (χ0) is 38.7. The first-order valence-corrected chi connectivity index (χ1v) is 19.6. The van der Waals surface area contributed by atoms with Gasteiger partial charge in [0.05, 0.1) is 0 Å². The summed E-state index contributed by atoms with van der Waals surface area (Å²) in [6.45, 7) is 0. The number of aromatic nitrogens is 3. The van der Waals surface area contributed by atoms with Crippen LogP contribution in [0.5, 0.6) is 0 Å². The number of hydrogen-bond donors (Lipinski definition) is 0. The standard InChI is InChI=1S/C55H37N3/c1-4-16-39(17-5-1)52-37-48(55-57-53(40-19-6-2-7-20-40)56-54(58-55)41-21-8-3-9-22-41)32-33-51(52)47-29-14-27-45(36-47)43-25-12-24-42(34-43)44-26-13-28-46(35-44)50-31-15-23-38-18-10-11-30-49(38)50/h1-37H. The quantitative estimate of drug-likeness (QED) is 0.156. The highest BCUT2D eigenvalue weighted by Crippen LogP contribution is 2.38. The second kappa shape index (κ2) is 15.4. The van der Waals surface area contributed by atoms with Gasteiger partial charge in [-0.25, -0.2) is 15.0 Å². The third-order valence-corrected chi connectivity index (χ3v) is 10.7. The Kier molecular flexibility index (Phi) is 9.23. The van der Waals surface area contributed by atoms with Gasteiger partial charge in [-0.2, -0.15) is 0 Å². The van der Waals surface area contributed by atoms with E-state index in [1.54, 1.807) is 0 Å². The summed E-state index contributed by atoms with van der Waals surface area (Å²) in [4.78, 5) is 15.0. The van der Waals surface area contributed by atoms with E-state index in [4.69, 9.17) is 15.0 Å². The van der Waals surface area contributed by atoms with E-state index in [-0.39, 0.29) is 0 Å². The van der Waals surface area contributed by atoms with Crippen LogP contribution in [0.4, 0.5) is 0 Å². The topological polar surface area (TPSA) is 38.7 Å². The molecule has 0 radical (unpaired) electrons. The molecule has 3 heteroatoms. The molecule has 0 fully saturated rings. The maximum absolute atomic E-state index is 5.04. The molecule has 9 aromatic carbocycles. The number of rotatable bonds is 8. The van der Waals surface area contributed by atoms with Crippen molar-refractivity contribution in [1.29, 1.82) is 0 Å². The average Bonchev–Trinajstić information content (AvgIpc) is 3.32. The van der Waals surface area contributed by atoms with Gasteiger partial charge in [0.25, 0.3) is 0 Å². The van der Waals surface area contributed by atoms with Gasteiger partial charge in [-0.3, -0.25) is 0 Å². The smallest absolute Gasteiger partial charge is 0.164 e. The molecule has 1 heterocycles. The summed E-state index contributed by atoms with van der Waals surface area (Å²) in [5.74, 6) is 1.92.